The van der Waals surface area contributed by atoms with Crippen LogP contribution in [0.25, 0.3) is 16.7 Å². The van der Waals surface area contributed by atoms with Crippen LogP contribution in [0.15, 0.2) is 45.7 Å². The quantitative estimate of drug-likeness (QED) is 0.689. The molecule has 3 aromatic rings. The zero-order valence-electron chi connectivity index (χ0n) is 11.1. The van der Waals surface area contributed by atoms with Crippen LogP contribution in [-0.2, 0) is 0 Å². The SMILES string of the molecule is Cc1ccc2c(=O)nc(C)n(-c3ccccc3Br)c2n1. The Morgan fingerprint density at radius 1 is 1.05 bits per heavy atom. The van der Waals surface area contributed by atoms with Gasteiger partial charge in [0.1, 0.15) is 5.82 Å². The number of hydrogen-bond acceptors (Lipinski definition) is 3. The molecule has 0 aliphatic heterocycles. The lowest BCUT2D eigenvalue weighted by molar-refractivity contribution is 0.910. The molecule has 5 heteroatoms. The summed E-state index contributed by atoms with van der Waals surface area (Å²) >= 11 is 3.54. The molecule has 0 atom stereocenters. The standard InChI is InChI=1S/C15H12BrN3O/c1-9-7-8-11-14(17-9)19(10(2)18-15(11)20)13-6-4-3-5-12(13)16/h3-8H,1-2H3. The summed E-state index contributed by atoms with van der Waals surface area (Å²) < 4.78 is 2.83. The maximum Gasteiger partial charge on any atom is 0.282 e. The first-order chi connectivity index (χ1) is 9.58. The zero-order chi connectivity index (χ0) is 14.3. The van der Waals surface area contributed by atoms with E-state index < -0.39 is 0 Å². The number of aryl methyl sites for hydroxylation is 2. The monoisotopic (exact) mass is 329 g/mol. The van der Waals surface area contributed by atoms with Crippen molar-refractivity contribution in [2.24, 2.45) is 0 Å². The van der Waals surface area contributed by atoms with E-state index in [1.54, 1.807) is 6.07 Å². The molecule has 100 valence electrons. The second-order valence-corrected chi connectivity index (χ2v) is 5.43. The normalized spacial score (nSPS) is 10.9. The van der Waals surface area contributed by atoms with Crippen molar-refractivity contribution in [3.63, 3.8) is 0 Å². The maximum atomic E-state index is 12.0. The van der Waals surface area contributed by atoms with E-state index in [2.05, 4.69) is 25.9 Å². The Kier molecular flexibility index (Phi) is 3.14. The van der Waals surface area contributed by atoms with Crippen molar-refractivity contribution in [2.75, 3.05) is 0 Å². The predicted octanol–water partition coefficient (Wildman–Crippen LogP) is 3.16. The minimum atomic E-state index is -0.242. The molecule has 0 radical (unpaired) electrons. The topological polar surface area (TPSA) is 47.8 Å². The lowest BCUT2D eigenvalue weighted by Gasteiger charge is -2.14. The fourth-order valence-electron chi connectivity index (χ4n) is 2.21. The zero-order valence-corrected chi connectivity index (χ0v) is 12.7. The molecule has 0 bridgehead atoms. The summed E-state index contributed by atoms with van der Waals surface area (Å²) in [6, 6.07) is 11.4. The highest BCUT2D eigenvalue weighted by molar-refractivity contribution is 9.10. The molecule has 0 fully saturated rings. The summed E-state index contributed by atoms with van der Waals surface area (Å²) in [7, 11) is 0. The van der Waals surface area contributed by atoms with Crippen LogP contribution in [0.1, 0.15) is 11.5 Å². The van der Waals surface area contributed by atoms with Gasteiger partial charge in [-0.25, -0.2) is 4.98 Å². The first kappa shape index (κ1) is 13.0. The molecular formula is C15H12BrN3O. The average molecular weight is 330 g/mol. The molecule has 0 saturated heterocycles. The molecule has 20 heavy (non-hydrogen) atoms. The van der Waals surface area contributed by atoms with Gasteiger partial charge >= 0.3 is 0 Å². The van der Waals surface area contributed by atoms with Gasteiger partial charge in [0.15, 0.2) is 5.65 Å². The van der Waals surface area contributed by atoms with Gasteiger partial charge in [0.2, 0.25) is 0 Å². The molecule has 0 saturated carbocycles. The number of para-hydroxylation sites is 1. The van der Waals surface area contributed by atoms with Crippen molar-refractivity contribution < 1.29 is 0 Å². The maximum absolute atomic E-state index is 12.0. The number of rotatable bonds is 1. The summed E-state index contributed by atoms with van der Waals surface area (Å²) in [5, 5.41) is 0.525. The highest BCUT2D eigenvalue weighted by Crippen LogP contribution is 2.24. The summed E-state index contributed by atoms with van der Waals surface area (Å²) in [5.74, 6) is 0.618. The Balaban J connectivity index is 2.50. The van der Waals surface area contributed by atoms with Crippen molar-refractivity contribution in [1.29, 1.82) is 0 Å². The van der Waals surface area contributed by atoms with Gasteiger partial charge in [-0.3, -0.25) is 9.36 Å². The molecule has 4 nitrogen and oxygen atoms in total. The molecule has 0 unspecified atom stereocenters. The Hall–Kier alpha value is -2.01. The van der Waals surface area contributed by atoms with E-state index >= 15 is 0 Å². The lowest BCUT2D eigenvalue weighted by Crippen LogP contribution is -2.17. The highest BCUT2D eigenvalue weighted by atomic mass is 79.9. The fraction of sp³-hybridized carbons (Fsp3) is 0.133. The van der Waals surface area contributed by atoms with Crippen molar-refractivity contribution >= 4 is 27.0 Å². The van der Waals surface area contributed by atoms with Crippen molar-refractivity contribution in [2.45, 2.75) is 13.8 Å². The molecule has 0 amide bonds. The third-order valence-corrected chi connectivity index (χ3v) is 3.81. The minimum Gasteiger partial charge on any atom is -0.281 e. The number of fused-ring (bicyclic) bond motifs is 1. The summed E-state index contributed by atoms with van der Waals surface area (Å²) in [6.07, 6.45) is 0. The predicted molar refractivity (Wildman–Crippen MR) is 82.3 cm³/mol. The summed E-state index contributed by atoms with van der Waals surface area (Å²) in [5.41, 5.74) is 2.17. The molecule has 2 heterocycles. The fourth-order valence-corrected chi connectivity index (χ4v) is 2.67. The molecule has 2 aromatic heterocycles. The first-order valence-electron chi connectivity index (χ1n) is 6.20. The van der Waals surface area contributed by atoms with Gasteiger partial charge in [0.05, 0.1) is 11.1 Å². The van der Waals surface area contributed by atoms with Gasteiger partial charge < -0.3 is 0 Å². The van der Waals surface area contributed by atoms with E-state index in [9.17, 15) is 4.79 Å². The average Bonchev–Trinajstić information content (AvgIpc) is 2.40. The van der Waals surface area contributed by atoms with E-state index in [0.717, 1.165) is 15.9 Å². The third kappa shape index (κ3) is 2.04. The number of aromatic nitrogens is 3. The Morgan fingerprint density at radius 2 is 1.80 bits per heavy atom. The molecule has 0 N–H and O–H groups in total. The van der Waals surface area contributed by atoms with Crippen LogP contribution in [0.2, 0.25) is 0 Å². The minimum absolute atomic E-state index is 0.242. The number of hydrogen-bond donors (Lipinski definition) is 0. The van der Waals surface area contributed by atoms with Crippen LogP contribution in [0, 0.1) is 13.8 Å². The van der Waals surface area contributed by atoms with E-state index in [1.807, 2.05) is 48.7 Å². The molecule has 1 aromatic carbocycles. The first-order valence-corrected chi connectivity index (χ1v) is 6.99. The van der Waals surface area contributed by atoms with Crippen LogP contribution in [0.4, 0.5) is 0 Å². The van der Waals surface area contributed by atoms with Crippen LogP contribution < -0.4 is 5.56 Å². The van der Waals surface area contributed by atoms with Crippen molar-refractivity contribution in [1.82, 2.24) is 14.5 Å². The molecule has 0 spiro atoms. The van der Waals surface area contributed by atoms with Crippen LogP contribution in [0.3, 0.4) is 0 Å². The van der Waals surface area contributed by atoms with Gasteiger partial charge in [-0.1, -0.05) is 12.1 Å². The van der Waals surface area contributed by atoms with Gasteiger partial charge in [0, 0.05) is 10.2 Å². The van der Waals surface area contributed by atoms with E-state index in [1.165, 1.54) is 0 Å². The molecule has 0 aliphatic rings. The number of halogens is 1. The third-order valence-electron chi connectivity index (χ3n) is 3.14. The second kappa shape index (κ2) is 4.83. The molecule has 0 aliphatic carbocycles. The Bertz CT molecular complexity index is 871. The largest absolute Gasteiger partial charge is 0.282 e. The van der Waals surface area contributed by atoms with Crippen molar-refractivity contribution in [3.8, 4) is 5.69 Å². The summed E-state index contributed by atoms with van der Waals surface area (Å²) in [4.78, 5) is 20.6. The second-order valence-electron chi connectivity index (χ2n) is 4.57. The van der Waals surface area contributed by atoms with Crippen molar-refractivity contribution in [3.05, 3.63) is 62.7 Å². The van der Waals surface area contributed by atoms with Gasteiger partial charge in [-0.05, 0) is 54.0 Å². The summed E-state index contributed by atoms with van der Waals surface area (Å²) in [6.45, 7) is 3.72. The van der Waals surface area contributed by atoms with E-state index in [4.69, 9.17) is 0 Å². The van der Waals surface area contributed by atoms with Crippen LogP contribution in [0.5, 0.6) is 0 Å². The number of benzene rings is 1. The van der Waals surface area contributed by atoms with E-state index in [-0.39, 0.29) is 5.56 Å². The lowest BCUT2D eigenvalue weighted by atomic mass is 10.2. The van der Waals surface area contributed by atoms with Gasteiger partial charge in [-0.2, -0.15) is 4.98 Å². The van der Waals surface area contributed by atoms with Crippen LogP contribution >= 0.6 is 15.9 Å². The van der Waals surface area contributed by atoms with Crippen LogP contribution in [-0.4, -0.2) is 14.5 Å². The highest BCUT2D eigenvalue weighted by Gasteiger charge is 2.12. The molecular weight excluding hydrogens is 318 g/mol. The van der Waals surface area contributed by atoms with Gasteiger partial charge in [-0.15, -0.1) is 0 Å². The number of pyridine rings is 1. The van der Waals surface area contributed by atoms with Gasteiger partial charge in [0.25, 0.3) is 5.56 Å². The van der Waals surface area contributed by atoms with E-state index in [0.29, 0.717) is 16.9 Å². The Labute approximate surface area is 124 Å². The smallest absolute Gasteiger partial charge is 0.281 e. The number of nitrogens with zero attached hydrogens (tertiary/aromatic N) is 3. The molecule has 3 rings (SSSR count). The Morgan fingerprint density at radius 3 is 2.55 bits per heavy atom.